The maximum absolute atomic E-state index is 5.27. The van der Waals surface area contributed by atoms with Gasteiger partial charge in [-0.25, -0.2) is 0 Å². The van der Waals surface area contributed by atoms with Gasteiger partial charge in [-0.05, 0) is 24.3 Å². The number of para-hydroxylation sites is 2. The number of ether oxygens (including phenoxy) is 1. The van der Waals surface area contributed by atoms with Crippen molar-refractivity contribution in [1.29, 1.82) is 0 Å². The standard InChI is InChI=1S/C13H13BrN2O/c1-17-13-5-3-2-4-12(13)16-9-11-8-10(14)6-7-15-11/h2-8,16H,9H2,1H3. The lowest BCUT2D eigenvalue weighted by Crippen LogP contribution is -2.02. The number of hydrogen-bond donors (Lipinski definition) is 1. The summed E-state index contributed by atoms with van der Waals surface area (Å²) < 4.78 is 6.30. The van der Waals surface area contributed by atoms with Crippen molar-refractivity contribution < 1.29 is 4.74 Å². The average molecular weight is 293 g/mol. The van der Waals surface area contributed by atoms with E-state index in [2.05, 4.69) is 26.2 Å². The van der Waals surface area contributed by atoms with Crippen LogP contribution in [0.15, 0.2) is 47.1 Å². The van der Waals surface area contributed by atoms with Crippen LogP contribution in [-0.2, 0) is 6.54 Å². The van der Waals surface area contributed by atoms with Gasteiger partial charge < -0.3 is 10.1 Å². The van der Waals surface area contributed by atoms with Crippen LogP contribution in [0.5, 0.6) is 5.75 Å². The Morgan fingerprint density at radius 3 is 2.88 bits per heavy atom. The maximum Gasteiger partial charge on any atom is 0.141 e. The Labute approximate surface area is 109 Å². The van der Waals surface area contributed by atoms with Gasteiger partial charge in [0, 0.05) is 10.7 Å². The van der Waals surface area contributed by atoms with Crippen LogP contribution in [0.2, 0.25) is 0 Å². The van der Waals surface area contributed by atoms with E-state index in [1.807, 2.05) is 36.4 Å². The Balaban J connectivity index is 2.07. The highest BCUT2D eigenvalue weighted by molar-refractivity contribution is 9.10. The van der Waals surface area contributed by atoms with E-state index in [1.165, 1.54) is 0 Å². The van der Waals surface area contributed by atoms with Crippen LogP contribution in [0.4, 0.5) is 5.69 Å². The average Bonchev–Trinajstić information content (AvgIpc) is 2.37. The van der Waals surface area contributed by atoms with Gasteiger partial charge in [0.05, 0.1) is 25.0 Å². The van der Waals surface area contributed by atoms with Crippen LogP contribution >= 0.6 is 15.9 Å². The van der Waals surface area contributed by atoms with E-state index in [9.17, 15) is 0 Å². The van der Waals surface area contributed by atoms with Gasteiger partial charge in [0.2, 0.25) is 0 Å². The van der Waals surface area contributed by atoms with Gasteiger partial charge in [-0.15, -0.1) is 0 Å². The predicted octanol–water partition coefficient (Wildman–Crippen LogP) is 3.46. The van der Waals surface area contributed by atoms with E-state index in [0.29, 0.717) is 6.54 Å². The van der Waals surface area contributed by atoms with E-state index in [-0.39, 0.29) is 0 Å². The Morgan fingerprint density at radius 1 is 1.29 bits per heavy atom. The normalized spacial score (nSPS) is 10.0. The molecule has 1 N–H and O–H groups in total. The number of aromatic nitrogens is 1. The largest absolute Gasteiger partial charge is 0.495 e. The minimum atomic E-state index is 0.666. The second-order valence-corrected chi connectivity index (χ2v) is 4.43. The molecule has 0 fully saturated rings. The van der Waals surface area contributed by atoms with Crippen molar-refractivity contribution >= 4 is 21.6 Å². The molecule has 1 aromatic carbocycles. The molecule has 0 bridgehead atoms. The molecule has 88 valence electrons. The Kier molecular flexibility index (Phi) is 3.98. The van der Waals surface area contributed by atoms with Crippen molar-refractivity contribution in [2.24, 2.45) is 0 Å². The lowest BCUT2D eigenvalue weighted by atomic mass is 10.3. The van der Waals surface area contributed by atoms with Crippen molar-refractivity contribution in [1.82, 2.24) is 4.98 Å². The lowest BCUT2D eigenvalue weighted by molar-refractivity contribution is 0.416. The quantitative estimate of drug-likeness (QED) is 0.937. The summed E-state index contributed by atoms with van der Waals surface area (Å²) in [5.74, 6) is 0.836. The fraction of sp³-hybridized carbons (Fsp3) is 0.154. The SMILES string of the molecule is COc1ccccc1NCc1cc(Br)ccn1. The molecule has 0 aliphatic heterocycles. The second-order valence-electron chi connectivity index (χ2n) is 3.52. The molecular formula is C13H13BrN2O. The van der Waals surface area contributed by atoms with E-state index in [4.69, 9.17) is 4.74 Å². The molecule has 0 aliphatic carbocycles. The molecule has 0 saturated heterocycles. The van der Waals surface area contributed by atoms with Crippen LogP contribution in [0.25, 0.3) is 0 Å². The summed E-state index contributed by atoms with van der Waals surface area (Å²) >= 11 is 3.42. The Bertz CT molecular complexity index is 502. The van der Waals surface area contributed by atoms with Gasteiger partial charge in [-0.2, -0.15) is 0 Å². The number of hydrogen-bond acceptors (Lipinski definition) is 3. The van der Waals surface area contributed by atoms with Crippen molar-refractivity contribution in [2.75, 3.05) is 12.4 Å². The van der Waals surface area contributed by atoms with Gasteiger partial charge in [-0.1, -0.05) is 28.1 Å². The third-order valence-electron chi connectivity index (χ3n) is 2.35. The molecule has 0 amide bonds. The molecule has 0 spiro atoms. The van der Waals surface area contributed by atoms with Crippen LogP contribution in [0.1, 0.15) is 5.69 Å². The molecule has 0 atom stereocenters. The molecule has 1 heterocycles. The third kappa shape index (κ3) is 3.20. The van der Waals surface area contributed by atoms with Gasteiger partial charge >= 0.3 is 0 Å². The minimum Gasteiger partial charge on any atom is -0.495 e. The van der Waals surface area contributed by atoms with Crippen LogP contribution in [0, 0.1) is 0 Å². The van der Waals surface area contributed by atoms with Crippen LogP contribution in [0.3, 0.4) is 0 Å². The summed E-state index contributed by atoms with van der Waals surface area (Å²) in [6, 6.07) is 11.7. The fourth-order valence-electron chi connectivity index (χ4n) is 1.52. The van der Waals surface area contributed by atoms with E-state index in [1.54, 1.807) is 13.3 Å². The topological polar surface area (TPSA) is 34.1 Å². The first-order valence-corrected chi connectivity index (χ1v) is 6.06. The van der Waals surface area contributed by atoms with Gasteiger partial charge in [-0.3, -0.25) is 4.98 Å². The zero-order valence-corrected chi connectivity index (χ0v) is 11.1. The summed E-state index contributed by atoms with van der Waals surface area (Å²) in [6.45, 7) is 0.666. The highest BCUT2D eigenvalue weighted by atomic mass is 79.9. The lowest BCUT2D eigenvalue weighted by Gasteiger charge is -2.10. The number of benzene rings is 1. The summed E-state index contributed by atoms with van der Waals surface area (Å²) in [7, 11) is 1.66. The smallest absolute Gasteiger partial charge is 0.141 e. The first-order chi connectivity index (χ1) is 8.29. The first kappa shape index (κ1) is 11.9. The first-order valence-electron chi connectivity index (χ1n) is 5.27. The van der Waals surface area contributed by atoms with Crippen molar-refractivity contribution in [3.8, 4) is 5.75 Å². The van der Waals surface area contributed by atoms with E-state index >= 15 is 0 Å². The molecule has 3 nitrogen and oxygen atoms in total. The molecule has 0 aliphatic rings. The van der Waals surface area contributed by atoms with Crippen molar-refractivity contribution in [2.45, 2.75) is 6.54 Å². The van der Waals surface area contributed by atoms with Crippen molar-refractivity contribution in [3.05, 3.63) is 52.8 Å². The third-order valence-corrected chi connectivity index (χ3v) is 2.84. The van der Waals surface area contributed by atoms with Crippen LogP contribution < -0.4 is 10.1 Å². The highest BCUT2D eigenvalue weighted by Gasteiger charge is 2.01. The maximum atomic E-state index is 5.27. The zero-order chi connectivity index (χ0) is 12.1. The Hall–Kier alpha value is -1.55. The molecule has 2 aromatic rings. The number of nitrogens with zero attached hydrogens (tertiary/aromatic N) is 1. The van der Waals surface area contributed by atoms with E-state index < -0.39 is 0 Å². The summed E-state index contributed by atoms with van der Waals surface area (Å²) in [6.07, 6.45) is 1.78. The zero-order valence-electron chi connectivity index (χ0n) is 9.48. The molecule has 17 heavy (non-hydrogen) atoms. The minimum absolute atomic E-state index is 0.666. The van der Waals surface area contributed by atoms with Gasteiger partial charge in [0.1, 0.15) is 5.75 Å². The Morgan fingerprint density at radius 2 is 2.12 bits per heavy atom. The molecule has 1 aromatic heterocycles. The molecule has 4 heteroatoms. The number of pyridine rings is 1. The molecule has 2 rings (SSSR count). The number of rotatable bonds is 4. The molecular weight excluding hydrogens is 280 g/mol. The summed E-state index contributed by atoms with van der Waals surface area (Å²) in [4.78, 5) is 4.28. The molecule has 0 unspecified atom stereocenters. The van der Waals surface area contributed by atoms with Gasteiger partial charge in [0.25, 0.3) is 0 Å². The second kappa shape index (κ2) is 5.68. The highest BCUT2D eigenvalue weighted by Crippen LogP contribution is 2.23. The fourth-order valence-corrected chi connectivity index (χ4v) is 1.90. The number of methoxy groups -OCH3 is 1. The van der Waals surface area contributed by atoms with Gasteiger partial charge in [0.15, 0.2) is 0 Å². The predicted molar refractivity (Wildman–Crippen MR) is 72.3 cm³/mol. The van der Waals surface area contributed by atoms with Crippen LogP contribution in [-0.4, -0.2) is 12.1 Å². The number of nitrogens with one attached hydrogen (secondary N) is 1. The monoisotopic (exact) mass is 292 g/mol. The number of anilines is 1. The summed E-state index contributed by atoms with van der Waals surface area (Å²) in [5.41, 5.74) is 1.95. The molecule has 0 radical (unpaired) electrons. The summed E-state index contributed by atoms with van der Waals surface area (Å²) in [5, 5.41) is 3.30. The number of halogens is 1. The van der Waals surface area contributed by atoms with Crippen molar-refractivity contribution in [3.63, 3.8) is 0 Å². The van der Waals surface area contributed by atoms with E-state index in [0.717, 1.165) is 21.6 Å². The molecule has 0 saturated carbocycles.